The van der Waals surface area contributed by atoms with Gasteiger partial charge in [-0.05, 0) is 44.9 Å². The molecule has 0 aliphatic carbocycles. The quantitative estimate of drug-likeness (QED) is 0.436. The van der Waals surface area contributed by atoms with Crippen LogP contribution in [-0.2, 0) is 13.5 Å². The molecule has 1 N–H and O–H groups in total. The number of carboxylic acid groups (broad SMARTS) is 1. The van der Waals surface area contributed by atoms with Crippen molar-refractivity contribution in [3.05, 3.63) is 64.5 Å². The first-order valence-electron chi connectivity index (χ1n) is 10.2. The Morgan fingerprint density at radius 1 is 1.22 bits per heavy atom. The Morgan fingerprint density at radius 3 is 2.47 bits per heavy atom. The molecule has 8 nitrogen and oxygen atoms in total. The van der Waals surface area contributed by atoms with Gasteiger partial charge in [-0.2, -0.15) is 5.10 Å². The molecule has 0 saturated carbocycles. The molecule has 0 fully saturated rings. The third-order valence-corrected chi connectivity index (χ3v) is 6.14. The van der Waals surface area contributed by atoms with Gasteiger partial charge < -0.3 is 14.8 Å². The molecule has 2 aromatic heterocycles. The fourth-order valence-electron chi connectivity index (χ4n) is 3.47. The molecule has 1 unspecified atom stereocenters. The first-order valence-corrected chi connectivity index (χ1v) is 11.1. The number of thiophene rings is 1. The van der Waals surface area contributed by atoms with Gasteiger partial charge in [0, 0.05) is 36.3 Å². The van der Waals surface area contributed by atoms with Crippen molar-refractivity contribution >= 4 is 23.3 Å². The maximum absolute atomic E-state index is 13.1. The number of hydrogen-bond donors (Lipinski definition) is 1. The summed E-state index contributed by atoms with van der Waals surface area (Å²) in [4.78, 5) is 26.4. The van der Waals surface area contributed by atoms with Crippen LogP contribution in [0.4, 0.5) is 4.79 Å². The Balaban J connectivity index is 1.87. The number of carbonyl (C=O) groups is 2. The number of aryl methyl sites for hydroxylation is 1. The highest BCUT2D eigenvalue weighted by molar-refractivity contribution is 7.12. The van der Waals surface area contributed by atoms with Gasteiger partial charge in [0.1, 0.15) is 6.09 Å². The molecule has 170 valence electrons. The van der Waals surface area contributed by atoms with Crippen LogP contribution in [0.25, 0.3) is 11.3 Å². The smallest absolute Gasteiger partial charge is 0.287 e. The van der Waals surface area contributed by atoms with Crippen LogP contribution < -0.4 is 5.11 Å². The average Bonchev–Trinajstić information content (AvgIpc) is 3.38. The minimum absolute atomic E-state index is 0.0943. The Bertz CT molecular complexity index is 1070. The molecule has 0 radical (unpaired) electrons. The summed E-state index contributed by atoms with van der Waals surface area (Å²) in [7, 11) is 1.81. The van der Waals surface area contributed by atoms with E-state index in [1.165, 1.54) is 11.3 Å². The number of hydrogen-bond acceptors (Lipinski definition) is 6. The van der Waals surface area contributed by atoms with Gasteiger partial charge in [0.25, 0.3) is 5.91 Å². The van der Waals surface area contributed by atoms with Crippen LogP contribution in [0.2, 0.25) is 0 Å². The highest BCUT2D eigenvalue weighted by Gasteiger charge is 2.31. The van der Waals surface area contributed by atoms with Crippen LogP contribution in [0.15, 0.2) is 54.0 Å². The lowest BCUT2D eigenvalue weighted by Gasteiger charge is -2.41. The van der Waals surface area contributed by atoms with Gasteiger partial charge >= 0.3 is 0 Å². The van der Waals surface area contributed by atoms with Crippen molar-refractivity contribution in [3.8, 4) is 11.3 Å². The second-order valence-electron chi connectivity index (χ2n) is 8.58. The summed E-state index contributed by atoms with van der Waals surface area (Å²) in [5.41, 5.74) is 1.78. The number of nitrogens with zero attached hydrogens (tertiary/aromatic N) is 4. The third kappa shape index (κ3) is 5.35. The number of amides is 2. The van der Waals surface area contributed by atoms with E-state index >= 15 is 0 Å². The van der Waals surface area contributed by atoms with Crippen LogP contribution in [0.5, 0.6) is 0 Å². The van der Waals surface area contributed by atoms with Crippen molar-refractivity contribution in [1.29, 1.82) is 0 Å². The summed E-state index contributed by atoms with van der Waals surface area (Å²) >= 11 is 1.21. The summed E-state index contributed by atoms with van der Waals surface area (Å²) in [6, 6.07) is 12.1. The van der Waals surface area contributed by atoms with Gasteiger partial charge in [-0.3, -0.25) is 14.7 Å². The van der Waals surface area contributed by atoms with Crippen molar-refractivity contribution in [3.63, 3.8) is 0 Å². The Hall–Kier alpha value is -3.17. The third-order valence-electron chi connectivity index (χ3n) is 5.22. The van der Waals surface area contributed by atoms with Gasteiger partial charge in [-0.1, -0.05) is 30.3 Å². The first kappa shape index (κ1) is 23.5. The molecule has 3 rings (SSSR count). The summed E-state index contributed by atoms with van der Waals surface area (Å²) < 4.78 is 1.70. The zero-order valence-electron chi connectivity index (χ0n) is 18.6. The second kappa shape index (κ2) is 9.54. The fourth-order valence-corrected chi connectivity index (χ4v) is 4.30. The van der Waals surface area contributed by atoms with Crippen molar-refractivity contribution in [1.82, 2.24) is 19.7 Å². The normalized spacial score (nSPS) is 12.4. The SMILES string of the molecule is Cn1nccc1-c1csc(C(=O)N(O)C(Cc2ccccc2)CN(C(=O)[O-])C(C)(C)C)c1. The van der Waals surface area contributed by atoms with E-state index in [1.807, 2.05) is 48.8 Å². The van der Waals surface area contributed by atoms with Crippen molar-refractivity contribution < 1.29 is 19.9 Å². The second-order valence-corrected chi connectivity index (χ2v) is 9.49. The van der Waals surface area contributed by atoms with Crippen molar-refractivity contribution in [2.75, 3.05) is 6.54 Å². The van der Waals surface area contributed by atoms with E-state index in [0.717, 1.165) is 21.7 Å². The Morgan fingerprint density at radius 2 is 1.91 bits per heavy atom. The summed E-state index contributed by atoms with van der Waals surface area (Å²) in [6.45, 7) is 5.13. The molecule has 32 heavy (non-hydrogen) atoms. The lowest BCUT2D eigenvalue weighted by atomic mass is 10.0. The summed E-state index contributed by atoms with van der Waals surface area (Å²) in [5, 5.41) is 29.3. The molecule has 0 aliphatic heterocycles. The van der Waals surface area contributed by atoms with E-state index in [-0.39, 0.29) is 13.0 Å². The Labute approximate surface area is 191 Å². The van der Waals surface area contributed by atoms with Crippen LogP contribution in [0.1, 0.15) is 36.0 Å². The lowest BCUT2D eigenvalue weighted by Crippen LogP contribution is -2.57. The molecular formula is C23H27N4O4S-. The molecule has 2 heterocycles. The average molecular weight is 456 g/mol. The number of carbonyl (C=O) groups excluding carboxylic acids is 2. The standard InChI is InChI=1S/C23H28N4O4S/c1-23(2,3)26(22(29)30)14-18(12-16-8-6-5-7-9-16)27(31)21(28)20-13-17(15-32-20)19-10-11-24-25(19)4/h5-11,13,15,18,31H,12,14H2,1-4H3,(H,29,30)/p-1. The molecule has 0 spiro atoms. The zero-order valence-corrected chi connectivity index (χ0v) is 19.4. The molecule has 0 saturated heterocycles. The largest absolute Gasteiger partial charge is 0.530 e. The van der Waals surface area contributed by atoms with Crippen LogP contribution in [-0.4, -0.2) is 55.1 Å². The molecule has 1 aromatic carbocycles. The zero-order chi connectivity index (χ0) is 23.5. The maximum atomic E-state index is 13.1. The monoisotopic (exact) mass is 455 g/mol. The molecule has 3 aromatic rings. The molecule has 0 bridgehead atoms. The van der Waals surface area contributed by atoms with E-state index in [0.29, 0.717) is 9.94 Å². The van der Waals surface area contributed by atoms with Crippen LogP contribution in [0, 0.1) is 0 Å². The molecule has 1 atom stereocenters. The topological polar surface area (TPSA) is 102 Å². The fraction of sp³-hybridized carbons (Fsp3) is 0.348. The molecule has 2 amide bonds. The van der Waals surface area contributed by atoms with Crippen LogP contribution in [0.3, 0.4) is 0 Å². The van der Waals surface area contributed by atoms with Crippen molar-refractivity contribution in [2.24, 2.45) is 7.05 Å². The minimum Gasteiger partial charge on any atom is -0.530 e. The van der Waals surface area contributed by atoms with E-state index < -0.39 is 23.6 Å². The van der Waals surface area contributed by atoms with E-state index in [4.69, 9.17) is 0 Å². The van der Waals surface area contributed by atoms with Crippen LogP contribution >= 0.6 is 11.3 Å². The highest BCUT2D eigenvalue weighted by atomic mass is 32.1. The number of hydroxylamine groups is 2. The maximum Gasteiger partial charge on any atom is 0.287 e. The number of aromatic nitrogens is 2. The van der Waals surface area contributed by atoms with Gasteiger partial charge in [0.2, 0.25) is 0 Å². The van der Waals surface area contributed by atoms with E-state index in [9.17, 15) is 19.9 Å². The van der Waals surface area contributed by atoms with Gasteiger partial charge in [-0.15, -0.1) is 11.3 Å². The number of benzene rings is 1. The predicted octanol–water partition coefficient (Wildman–Crippen LogP) is 3.04. The van der Waals surface area contributed by atoms with Gasteiger partial charge in [-0.25, -0.2) is 5.06 Å². The first-order chi connectivity index (χ1) is 15.1. The predicted molar refractivity (Wildman–Crippen MR) is 120 cm³/mol. The summed E-state index contributed by atoms with van der Waals surface area (Å²) in [6.07, 6.45) is 0.596. The summed E-state index contributed by atoms with van der Waals surface area (Å²) in [5.74, 6) is -0.587. The minimum atomic E-state index is -1.36. The number of rotatable bonds is 7. The van der Waals surface area contributed by atoms with Gasteiger partial charge in [0.15, 0.2) is 0 Å². The van der Waals surface area contributed by atoms with Crippen molar-refractivity contribution in [2.45, 2.75) is 38.8 Å². The molecular weight excluding hydrogens is 428 g/mol. The molecule has 9 heteroatoms. The van der Waals surface area contributed by atoms with E-state index in [1.54, 1.807) is 37.7 Å². The molecule has 0 aliphatic rings. The van der Waals surface area contributed by atoms with E-state index in [2.05, 4.69) is 5.10 Å². The Kier molecular flexibility index (Phi) is 7.00. The highest BCUT2D eigenvalue weighted by Crippen LogP contribution is 2.27. The lowest BCUT2D eigenvalue weighted by molar-refractivity contribution is -0.272. The van der Waals surface area contributed by atoms with Gasteiger partial charge in [0.05, 0.1) is 16.6 Å².